The smallest absolute Gasteiger partial charge is 0.110 e. The number of imidazole rings is 1. The van der Waals surface area contributed by atoms with E-state index in [2.05, 4.69) is 10.1 Å². The quantitative estimate of drug-likeness (QED) is 0.781. The van der Waals surface area contributed by atoms with Crippen LogP contribution in [0.4, 0.5) is 0 Å². The van der Waals surface area contributed by atoms with E-state index in [0.29, 0.717) is 6.54 Å². The predicted octanol–water partition coefficient (Wildman–Crippen LogP) is 0.318. The zero-order valence-electron chi connectivity index (χ0n) is 8.80. The summed E-state index contributed by atoms with van der Waals surface area (Å²) in [5, 5.41) is 4.31. The molecule has 2 N–H and O–H groups in total. The first-order chi connectivity index (χ1) is 7.29. The van der Waals surface area contributed by atoms with Gasteiger partial charge in [-0.15, -0.1) is 0 Å². The maximum absolute atomic E-state index is 5.49. The number of rotatable bonds is 4. The van der Waals surface area contributed by atoms with Crippen LogP contribution in [0.5, 0.6) is 0 Å². The lowest BCUT2D eigenvalue weighted by Gasteiger charge is -2.02. The van der Waals surface area contributed by atoms with Crippen molar-refractivity contribution in [3.8, 4) is 0 Å². The molecule has 15 heavy (non-hydrogen) atoms. The SMILES string of the molecule is Cn1ccnc1CCn1ccc(CN)n1. The van der Waals surface area contributed by atoms with Crippen LogP contribution in [0.25, 0.3) is 0 Å². The summed E-state index contributed by atoms with van der Waals surface area (Å²) in [5.74, 6) is 1.07. The summed E-state index contributed by atoms with van der Waals surface area (Å²) in [6.07, 6.45) is 6.59. The van der Waals surface area contributed by atoms with Crippen molar-refractivity contribution in [1.82, 2.24) is 19.3 Å². The van der Waals surface area contributed by atoms with Gasteiger partial charge in [-0.05, 0) is 6.07 Å². The van der Waals surface area contributed by atoms with Gasteiger partial charge < -0.3 is 10.3 Å². The minimum atomic E-state index is 0.495. The average Bonchev–Trinajstić information content (AvgIpc) is 2.84. The van der Waals surface area contributed by atoms with Crippen molar-refractivity contribution in [2.24, 2.45) is 12.8 Å². The molecular weight excluding hydrogens is 190 g/mol. The Morgan fingerprint density at radius 3 is 2.87 bits per heavy atom. The molecule has 0 fully saturated rings. The number of hydrogen-bond acceptors (Lipinski definition) is 3. The topological polar surface area (TPSA) is 61.7 Å². The zero-order valence-corrected chi connectivity index (χ0v) is 8.80. The second kappa shape index (κ2) is 4.27. The maximum Gasteiger partial charge on any atom is 0.110 e. The molecule has 0 atom stereocenters. The minimum absolute atomic E-state index is 0.495. The number of aryl methyl sites for hydroxylation is 3. The molecule has 80 valence electrons. The lowest BCUT2D eigenvalue weighted by molar-refractivity contribution is 0.582. The fraction of sp³-hybridized carbons (Fsp3) is 0.400. The Balaban J connectivity index is 1.96. The van der Waals surface area contributed by atoms with Crippen molar-refractivity contribution in [2.75, 3.05) is 0 Å². The molecule has 0 unspecified atom stereocenters. The molecule has 0 amide bonds. The van der Waals surface area contributed by atoms with Gasteiger partial charge in [0.2, 0.25) is 0 Å². The third-order valence-electron chi connectivity index (χ3n) is 2.39. The van der Waals surface area contributed by atoms with Crippen LogP contribution in [0.15, 0.2) is 24.7 Å². The molecule has 0 radical (unpaired) electrons. The monoisotopic (exact) mass is 205 g/mol. The van der Waals surface area contributed by atoms with Gasteiger partial charge in [-0.1, -0.05) is 0 Å². The van der Waals surface area contributed by atoms with Crippen LogP contribution in [0, 0.1) is 0 Å². The molecule has 0 spiro atoms. The molecule has 0 aliphatic heterocycles. The van der Waals surface area contributed by atoms with E-state index in [1.807, 2.05) is 41.0 Å². The standard InChI is InChI=1S/C10H15N5/c1-14-7-4-12-10(14)3-6-15-5-2-9(8-11)13-15/h2,4-5,7H,3,6,8,11H2,1H3. The fourth-order valence-corrected chi connectivity index (χ4v) is 1.49. The van der Waals surface area contributed by atoms with E-state index in [0.717, 1.165) is 24.5 Å². The molecule has 5 nitrogen and oxygen atoms in total. The molecule has 2 aromatic rings. The minimum Gasteiger partial charge on any atom is -0.338 e. The van der Waals surface area contributed by atoms with Gasteiger partial charge in [0.25, 0.3) is 0 Å². The van der Waals surface area contributed by atoms with E-state index in [9.17, 15) is 0 Å². The van der Waals surface area contributed by atoms with Crippen molar-refractivity contribution in [3.63, 3.8) is 0 Å². The van der Waals surface area contributed by atoms with Gasteiger partial charge in [0.15, 0.2) is 0 Å². The Bertz CT molecular complexity index is 428. The van der Waals surface area contributed by atoms with Crippen LogP contribution in [0.1, 0.15) is 11.5 Å². The normalized spacial score (nSPS) is 10.8. The van der Waals surface area contributed by atoms with Crippen LogP contribution < -0.4 is 5.73 Å². The highest BCUT2D eigenvalue weighted by atomic mass is 15.3. The van der Waals surface area contributed by atoms with Gasteiger partial charge >= 0.3 is 0 Å². The summed E-state index contributed by atoms with van der Waals surface area (Å²) in [6, 6.07) is 1.94. The predicted molar refractivity (Wildman–Crippen MR) is 57.0 cm³/mol. The first kappa shape index (κ1) is 9.92. The Morgan fingerprint density at radius 2 is 2.27 bits per heavy atom. The van der Waals surface area contributed by atoms with E-state index in [-0.39, 0.29) is 0 Å². The summed E-state index contributed by atoms with van der Waals surface area (Å²) in [6.45, 7) is 1.33. The molecule has 0 aliphatic carbocycles. The largest absolute Gasteiger partial charge is 0.338 e. The van der Waals surface area contributed by atoms with Crippen LogP contribution >= 0.6 is 0 Å². The molecule has 0 bridgehead atoms. The molecule has 2 aromatic heterocycles. The van der Waals surface area contributed by atoms with E-state index in [1.165, 1.54) is 0 Å². The summed E-state index contributed by atoms with van der Waals surface area (Å²) in [4.78, 5) is 4.25. The molecule has 0 saturated carbocycles. The Morgan fingerprint density at radius 1 is 1.40 bits per heavy atom. The summed E-state index contributed by atoms with van der Waals surface area (Å²) in [5.41, 5.74) is 6.41. The second-order valence-corrected chi connectivity index (χ2v) is 3.48. The van der Waals surface area contributed by atoms with Gasteiger partial charge in [-0.2, -0.15) is 5.10 Å². The highest BCUT2D eigenvalue weighted by Gasteiger charge is 2.01. The van der Waals surface area contributed by atoms with E-state index in [1.54, 1.807) is 0 Å². The molecule has 5 heteroatoms. The average molecular weight is 205 g/mol. The molecule has 0 aliphatic rings. The Hall–Kier alpha value is -1.62. The summed E-state index contributed by atoms with van der Waals surface area (Å²) >= 11 is 0. The van der Waals surface area contributed by atoms with Gasteiger partial charge in [0.05, 0.1) is 5.69 Å². The molecule has 0 aromatic carbocycles. The highest BCUT2D eigenvalue weighted by molar-refractivity contribution is 4.98. The lowest BCUT2D eigenvalue weighted by atomic mass is 10.4. The van der Waals surface area contributed by atoms with E-state index < -0.39 is 0 Å². The Kier molecular flexibility index (Phi) is 2.82. The number of nitrogens with zero attached hydrogens (tertiary/aromatic N) is 4. The van der Waals surface area contributed by atoms with Crippen molar-refractivity contribution >= 4 is 0 Å². The van der Waals surface area contributed by atoms with Crippen LogP contribution in [-0.2, 0) is 26.6 Å². The van der Waals surface area contributed by atoms with Gasteiger partial charge in [-0.3, -0.25) is 4.68 Å². The highest BCUT2D eigenvalue weighted by Crippen LogP contribution is 1.99. The fourth-order valence-electron chi connectivity index (χ4n) is 1.49. The van der Waals surface area contributed by atoms with Gasteiger partial charge in [0, 0.05) is 45.1 Å². The van der Waals surface area contributed by atoms with Gasteiger partial charge in [-0.25, -0.2) is 4.98 Å². The van der Waals surface area contributed by atoms with Crippen LogP contribution in [0.2, 0.25) is 0 Å². The zero-order chi connectivity index (χ0) is 10.7. The molecular formula is C10H15N5. The van der Waals surface area contributed by atoms with Crippen molar-refractivity contribution in [1.29, 1.82) is 0 Å². The van der Waals surface area contributed by atoms with Crippen LogP contribution in [0.3, 0.4) is 0 Å². The van der Waals surface area contributed by atoms with Crippen LogP contribution in [-0.4, -0.2) is 19.3 Å². The first-order valence-corrected chi connectivity index (χ1v) is 4.98. The summed E-state index contributed by atoms with van der Waals surface area (Å²) in [7, 11) is 2.00. The number of nitrogens with two attached hydrogens (primary N) is 1. The number of hydrogen-bond donors (Lipinski definition) is 1. The molecule has 0 saturated heterocycles. The van der Waals surface area contributed by atoms with Crippen molar-refractivity contribution < 1.29 is 0 Å². The molecule has 2 rings (SSSR count). The third kappa shape index (κ3) is 2.24. The lowest BCUT2D eigenvalue weighted by Crippen LogP contribution is -2.07. The third-order valence-corrected chi connectivity index (χ3v) is 2.39. The summed E-state index contributed by atoms with van der Waals surface area (Å²) < 4.78 is 3.92. The van der Waals surface area contributed by atoms with Gasteiger partial charge in [0.1, 0.15) is 5.82 Å². The number of aromatic nitrogens is 4. The maximum atomic E-state index is 5.49. The van der Waals surface area contributed by atoms with E-state index >= 15 is 0 Å². The van der Waals surface area contributed by atoms with Crippen molar-refractivity contribution in [2.45, 2.75) is 19.5 Å². The molecule has 2 heterocycles. The second-order valence-electron chi connectivity index (χ2n) is 3.48. The van der Waals surface area contributed by atoms with E-state index in [4.69, 9.17) is 5.73 Å². The first-order valence-electron chi connectivity index (χ1n) is 4.98. The Labute approximate surface area is 88.5 Å². The van der Waals surface area contributed by atoms with Crippen molar-refractivity contribution in [3.05, 3.63) is 36.2 Å².